The molecule has 17 heavy (non-hydrogen) atoms. The van der Waals surface area contributed by atoms with Crippen LogP contribution in [0.15, 0.2) is 18.3 Å². The lowest BCUT2D eigenvalue weighted by Crippen LogP contribution is -2.25. The zero-order chi connectivity index (χ0) is 12.3. The predicted octanol–water partition coefficient (Wildman–Crippen LogP) is 0.984. The van der Waals surface area contributed by atoms with Gasteiger partial charge in [-0.3, -0.25) is 0 Å². The van der Waals surface area contributed by atoms with Crippen molar-refractivity contribution in [2.45, 2.75) is 12.5 Å². The zero-order valence-corrected chi connectivity index (χ0v) is 10.1. The van der Waals surface area contributed by atoms with E-state index in [1.165, 1.54) is 7.11 Å². The number of esters is 1. The van der Waals surface area contributed by atoms with Gasteiger partial charge in [0.25, 0.3) is 0 Å². The van der Waals surface area contributed by atoms with Crippen molar-refractivity contribution < 1.29 is 9.53 Å². The van der Waals surface area contributed by atoms with Crippen LogP contribution in [0.25, 0.3) is 0 Å². The molecular formula is C12H17N3O2. The third-order valence-corrected chi connectivity index (χ3v) is 2.95. The van der Waals surface area contributed by atoms with Crippen LogP contribution >= 0.6 is 0 Å². The number of hydrogen-bond donors (Lipinski definition) is 1. The van der Waals surface area contributed by atoms with Gasteiger partial charge in [-0.15, -0.1) is 0 Å². The summed E-state index contributed by atoms with van der Waals surface area (Å²) in [5, 5.41) is 3.30. The Morgan fingerprint density at radius 2 is 2.47 bits per heavy atom. The number of hydrogen-bond acceptors (Lipinski definition) is 5. The van der Waals surface area contributed by atoms with E-state index in [-0.39, 0.29) is 5.97 Å². The molecule has 0 saturated carbocycles. The lowest BCUT2D eigenvalue weighted by atomic mass is 10.2. The SMILES string of the molecule is COC(=O)c1cccnc1NC1CCN(C)C1. The molecule has 0 spiro atoms. The molecule has 1 aromatic heterocycles. The van der Waals surface area contributed by atoms with Crippen LogP contribution in [0.3, 0.4) is 0 Å². The number of pyridine rings is 1. The average molecular weight is 235 g/mol. The number of likely N-dealkylation sites (tertiary alicyclic amines) is 1. The van der Waals surface area contributed by atoms with E-state index >= 15 is 0 Å². The van der Waals surface area contributed by atoms with Crippen molar-refractivity contribution in [3.8, 4) is 0 Å². The first-order valence-electron chi connectivity index (χ1n) is 5.69. The molecule has 92 valence electrons. The van der Waals surface area contributed by atoms with Crippen LogP contribution in [0, 0.1) is 0 Å². The zero-order valence-electron chi connectivity index (χ0n) is 10.1. The van der Waals surface area contributed by atoms with E-state index < -0.39 is 0 Å². The van der Waals surface area contributed by atoms with E-state index in [1.807, 2.05) is 0 Å². The molecule has 2 heterocycles. The average Bonchev–Trinajstić information content (AvgIpc) is 2.74. The van der Waals surface area contributed by atoms with Gasteiger partial charge >= 0.3 is 5.97 Å². The standard InChI is InChI=1S/C12H17N3O2/c1-15-7-5-9(8-15)14-11-10(12(16)17-2)4-3-6-13-11/h3-4,6,9H,5,7-8H2,1-2H3,(H,13,14). The largest absolute Gasteiger partial charge is 0.465 e. The van der Waals surface area contributed by atoms with Crippen LogP contribution in [0.2, 0.25) is 0 Å². The maximum atomic E-state index is 11.6. The summed E-state index contributed by atoms with van der Waals surface area (Å²) in [4.78, 5) is 18.0. The van der Waals surface area contributed by atoms with Gasteiger partial charge < -0.3 is 15.0 Å². The fourth-order valence-corrected chi connectivity index (χ4v) is 2.04. The topological polar surface area (TPSA) is 54.5 Å². The molecule has 2 rings (SSSR count). The number of rotatable bonds is 3. The summed E-state index contributed by atoms with van der Waals surface area (Å²) in [6.07, 6.45) is 2.74. The van der Waals surface area contributed by atoms with Crippen molar-refractivity contribution in [3.63, 3.8) is 0 Å². The number of anilines is 1. The van der Waals surface area contributed by atoms with Crippen molar-refractivity contribution in [2.24, 2.45) is 0 Å². The molecule has 1 atom stereocenters. The number of carbonyl (C=O) groups is 1. The van der Waals surface area contributed by atoms with Gasteiger partial charge in [-0.2, -0.15) is 0 Å². The summed E-state index contributed by atoms with van der Waals surface area (Å²) in [6.45, 7) is 2.04. The van der Waals surface area contributed by atoms with Gasteiger partial charge in [-0.25, -0.2) is 9.78 Å². The highest BCUT2D eigenvalue weighted by atomic mass is 16.5. The second kappa shape index (κ2) is 5.14. The molecule has 0 amide bonds. The highest BCUT2D eigenvalue weighted by Gasteiger charge is 2.21. The van der Waals surface area contributed by atoms with Gasteiger partial charge in [0.2, 0.25) is 0 Å². The number of likely N-dealkylation sites (N-methyl/N-ethyl adjacent to an activating group) is 1. The molecule has 0 aliphatic carbocycles. The normalized spacial score (nSPS) is 20.2. The van der Waals surface area contributed by atoms with Crippen molar-refractivity contribution in [1.82, 2.24) is 9.88 Å². The van der Waals surface area contributed by atoms with Crippen LogP contribution in [0.5, 0.6) is 0 Å². The van der Waals surface area contributed by atoms with E-state index in [9.17, 15) is 4.79 Å². The molecule has 1 aliphatic heterocycles. The lowest BCUT2D eigenvalue weighted by Gasteiger charge is -2.15. The fraction of sp³-hybridized carbons (Fsp3) is 0.500. The summed E-state index contributed by atoms with van der Waals surface area (Å²) in [5.74, 6) is 0.256. The van der Waals surface area contributed by atoms with E-state index in [1.54, 1.807) is 18.3 Å². The third kappa shape index (κ3) is 2.74. The molecule has 0 aromatic carbocycles. The van der Waals surface area contributed by atoms with Crippen molar-refractivity contribution in [3.05, 3.63) is 23.9 Å². The number of carbonyl (C=O) groups excluding carboxylic acids is 1. The summed E-state index contributed by atoms with van der Waals surface area (Å²) >= 11 is 0. The monoisotopic (exact) mass is 235 g/mol. The Morgan fingerprint density at radius 3 is 3.12 bits per heavy atom. The Balaban J connectivity index is 2.12. The summed E-state index contributed by atoms with van der Waals surface area (Å²) in [6, 6.07) is 3.80. The van der Waals surface area contributed by atoms with Crippen molar-refractivity contribution in [2.75, 3.05) is 32.6 Å². The Morgan fingerprint density at radius 1 is 1.65 bits per heavy atom. The summed E-state index contributed by atoms with van der Waals surface area (Å²) in [7, 11) is 3.46. The number of nitrogens with one attached hydrogen (secondary N) is 1. The minimum Gasteiger partial charge on any atom is -0.465 e. The Kier molecular flexibility index (Phi) is 3.58. The van der Waals surface area contributed by atoms with Gasteiger partial charge in [0, 0.05) is 18.8 Å². The Bertz CT molecular complexity index is 408. The molecule has 5 nitrogen and oxygen atoms in total. The highest BCUT2D eigenvalue weighted by Crippen LogP contribution is 2.17. The predicted molar refractivity (Wildman–Crippen MR) is 65.1 cm³/mol. The molecule has 1 unspecified atom stereocenters. The van der Waals surface area contributed by atoms with E-state index in [0.717, 1.165) is 19.5 Å². The second-order valence-corrected chi connectivity index (χ2v) is 4.28. The molecule has 1 fully saturated rings. The first kappa shape index (κ1) is 11.9. The van der Waals surface area contributed by atoms with Crippen molar-refractivity contribution >= 4 is 11.8 Å². The summed E-state index contributed by atoms with van der Waals surface area (Å²) in [5.41, 5.74) is 0.490. The van der Waals surface area contributed by atoms with Gasteiger partial charge in [0.1, 0.15) is 11.4 Å². The third-order valence-electron chi connectivity index (χ3n) is 2.95. The van der Waals surface area contributed by atoms with Crippen molar-refractivity contribution in [1.29, 1.82) is 0 Å². The summed E-state index contributed by atoms with van der Waals surface area (Å²) < 4.78 is 4.73. The van der Waals surface area contributed by atoms with Crippen LogP contribution in [-0.2, 0) is 4.74 Å². The minimum absolute atomic E-state index is 0.346. The molecule has 1 aliphatic rings. The number of aromatic nitrogens is 1. The lowest BCUT2D eigenvalue weighted by molar-refractivity contribution is 0.0601. The molecule has 0 radical (unpaired) electrons. The molecule has 1 N–H and O–H groups in total. The quantitative estimate of drug-likeness (QED) is 0.792. The molecular weight excluding hydrogens is 218 g/mol. The van der Waals surface area contributed by atoms with E-state index in [2.05, 4.69) is 22.2 Å². The fourth-order valence-electron chi connectivity index (χ4n) is 2.04. The van der Waals surface area contributed by atoms with Gasteiger partial charge in [0.05, 0.1) is 7.11 Å². The van der Waals surface area contributed by atoms with Gasteiger partial charge in [-0.1, -0.05) is 0 Å². The van der Waals surface area contributed by atoms with E-state index in [4.69, 9.17) is 4.74 Å². The molecule has 5 heteroatoms. The smallest absolute Gasteiger partial charge is 0.341 e. The first-order valence-corrected chi connectivity index (χ1v) is 5.69. The number of nitrogens with zero attached hydrogens (tertiary/aromatic N) is 2. The Labute approximate surface area is 101 Å². The van der Waals surface area contributed by atoms with E-state index in [0.29, 0.717) is 17.4 Å². The minimum atomic E-state index is -0.355. The van der Waals surface area contributed by atoms with Gasteiger partial charge in [-0.05, 0) is 32.1 Å². The number of ether oxygens (including phenoxy) is 1. The second-order valence-electron chi connectivity index (χ2n) is 4.28. The molecule has 1 saturated heterocycles. The van der Waals surface area contributed by atoms with Crippen LogP contribution in [0.1, 0.15) is 16.8 Å². The van der Waals surface area contributed by atoms with Gasteiger partial charge in [0.15, 0.2) is 0 Å². The maximum Gasteiger partial charge on any atom is 0.341 e. The maximum absolute atomic E-state index is 11.6. The van der Waals surface area contributed by atoms with Crippen LogP contribution < -0.4 is 5.32 Å². The van der Waals surface area contributed by atoms with Crippen LogP contribution in [0.4, 0.5) is 5.82 Å². The Hall–Kier alpha value is -1.62. The van der Waals surface area contributed by atoms with Crippen LogP contribution in [-0.4, -0.2) is 49.1 Å². The number of methoxy groups -OCH3 is 1. The molecule has 0 bridgehead atoms. The molecule has 1 aromatic rings. The first-order chi connectivity index (χ1) is 8.20. The highest BCUT2D eigenvalue weighted by molar-refractivity contribution is 5.94.